The maximum atomic E-state index is 11.1. The molecular weight excluding hydrogens is 254 g/mol. The first-order valence-corrected chi connectivity index (χ1v) is 7.96. The maximum Gasteiger partial charge on any atom is 0.334 e. The average molecular weight is 283 g/mol. The third-order valence-corrected chi connectivity index (χ3v) is 5.05. The highest BCUT2D eigenvalue weighted by Gasteiger charge is 2.33. The number of carbonyl (C=O) groups is 1. The van der Waals surface area contributed by atoms with Crippen LogP contribution in [0.5, 0.6) is 0 Å². The monoisotopic (exact) mass is 283 g/mol. The predicted molar refractivity (Wildman–Crippen MR) is 78.8 cm³/mol. The van der Waals surface area contributed by atoms with Crippen LogP contribution in [0.3, 0.4) is 0 Å². The van der Waals surface area contributed by atoms with Crippen molar-refractivity contribution in [3.8, 4) is 0 Å². The van der Waals surface area contributed by atoms with Gasteiger partial charge in [-0.25, -0.2) is 4.79 Å². The summed E-state index contributed by atoms with van der Waals surface area (Å²) in [5, 5.41) is 9.11. The second kappa shape index (κ2) is 6.44. The Morgan fingerprint density at radius 2 is 1.95 bits per heavy atom. The fourth-order valence-electron chi connectivity index (χ4n) is 3.66. The van der Waals surface area contributed by atoms with E-state index < -0.39 is 12.1 Å². The molecule has 2 rings (SSSR count). The van der Waals surface area contributed by atoms with E-state index in [-0.39, 0.29) is 0 Å². The molecule has 0 amide bonds. The zero-order valence-electron chi connectivity index (χ0n) is 13.1. The number of carboxylic acid groups (broad SMARTS) is 1. The lowest BCUT2D eigenvalue weighted by Crippen LogP contribution is -2.50. The fourth-order valence-corrected chi connectivity index (χ4v) is 3.66. The van der Waals surface area contributed by atoms with Crippen molar-refractivity contribution in [2.45, 2.75) is 65.0 Å². The standard InChI is InChI=1S/C16H29NO3/c1-16(2,3)12-5-4-6-13(8-7-12)17-9-10-20-14(11-17)15(18)19/h12-14H,4-11H2,1-3H3,(H,18,19). The second-order valence-corrected chi connectivity index (χ2v) is 7.42. The molecule has 3 unspecified atom stereocenters. The van der Waals surface area contributed by atoms with Gasteiger partial charge in [-0.15, -0.1) is 0 Å². The normalized spacial score (nSPS) is 33.6. The van der Waals surface area contributed by atoms with E-state index in [0.29, 0.717) is 24.6 Å². The lowest BCUT2D eigenvalue weighted by atomic mass is 9.76. The number of rotatable bonds is 2. The lowest BCUT2D eigenvalue weighted by Gasteiger charge is -2.37. The van der Waals surface area contributed by atoms with Crippen LogP contribution >= 0.6 is 0 Å². The molecule has 1 heterocycles. The molecule has 4 heteroatoms. The van der Waals surface area contributed by atoms with Crippen LogP contribution in [0.15, 0.2) is 0 Å². The van der Waals surface area contributed by atoms with E-state index in [4.69, 9.17) is 9.84 Å². The lowest BCUT2D eigenvalue weighted by molar-refractivity contribution is -0.157. The molecule has 1 saturated heterocycles. The number of ether oxygens (including phenoxy) is 1. The van der Waals surface area contributed by atoms with Crippen LogP contribution in [-0.4, -0.2) is 47.8 Å². The van der Waals surface area contributed by atoms with Crippen molar-refractivity contribution in [2.75, 3.05) is 19.7 Å². The SMILES string of the molecule is CC(C)(C)C1CCCC(N2CCOC(C(=O)O)C2)CC1. The molecule has 1 N–H and O–H groups in total. The summed E-state index contributed by atoms with van der Waals surface area (Å²) in [7, 11) is 0. The van der Waals surface area contributed by atoms with Gasteiger partial charge in [-0.1, -0.05) is 27.2 Å². The molecule has 0 radical (unpaired) electrons. The molecule has 0 aromatic rings. The molecule has 1 aliphatic heterocycles. The average Bonchev–Trinajstić information content (AvgIpc) is 2.64. The van der Waals surface area contributed by atoms with Crippen LogP contribution < -0.4 is 0 Å². The third-order valence-electron chi connectivity index (χ3n) is 5.05. The molecule has 20 heavy (non-hydrogen) atoms. The minimum absolute atomic E-state index is 0.392. The highest BCUT2D eigenvalue weighted by Crippen LogP contribution is 2.37. The number of nitrogens with zero attached hydrogens (tertiary/aromatic N) is 1. The van der Waals surface area contributed by atoms with Gasteiger partial charge in [0, 0.05) is 19.1 Å². The van der Waals surface area contributed by atoms with Gasteiger partial charge in [0.1, 0.15) is 0 Å². The van der Waals surface area contributed by atoms with Gasteiger partial charge in [0.15, 0.2) is 6.10 Å². The Morgan fingerprint density at radius 1 is 1.20 bits per heavy atom. The zero-order valence-corrected chi connectivity index (χ0v) is 13.1. The molecule has 2 fully saturated rings. The van der Waals surface area contributed by atoms with Crippen molar-refractivity contribution < 1.29 is 14.6 Å². The first kappa shape index (κ1) is 15.8. The highest BCUT2D eigenvalue weighted by molar-refractivity contribution is 5.72. The van der Waals surface area contributed by atoms with Crippen LogP contribution in [0.1, 0.15) is 52.9 Å². The summed E-state index contributed by atoms with van der Waals surface area (Å²) in [6.07, 6.45) is 5.62. The van der Waals surface area contributed by atoms with Gasteiger partial charge in [0.25, 0.3) is 0 Å². The quantitative estimate of drug-likeness (QED) is 0.792. The van der Waals surface area contributed by atoms with E-state index in [2.05, 4.69) is 25.7 Å². The summed E-state index contributed by atoms with van der Waals surface area (Å²) in [4.78, 5) is 13.4. The predicted octanol–water partition coefficient (Wildman–Crippen LogP) is 2.77. The number of carboxylic acids is 1. The summed E-state index contributed by atoms with van der Waals surface area (Å²) in [6.45, 7) is 9.01. The first-order valence-electron chi connectivity index (χ1n) is 7.96. The number of hydrogen-bond acceptors (Lipinski definition) is 3. The van der Waals surface area contributed by atoms with E-state index in [1.54, 1.807) is 0 Å². The topological polar surface area (TPSA) is 49.8 Å². The smallest absolute Gasteiger partial charge is 0.334 e. The van der Waals surface area contributed by atoms with Gasteiger partial charge in [0.2, 0.25) is 0 Å². The van der Waals surface area contributed by atoms with Crippen molar-refractivity contribution >= 4 is 5.97 Å². The number of morpholine rings is 1. The van der Waals surface area contributed by atoms with Crippen molar-refractivity contribution in [1.29, 1.82) is 0 Å². The Morgan fingerprint density at radius 3 is 2.60 bits per heavy atom. The summed E-state index contributed by atoms with van der Waals surface area (Å²) >= 11 is 0. The van der Waals surface area contributed by atoms with Crippen LogP contribution in [0, 0.1) is 11.3 Å². The third kappa shape index (κ3) is 3.95. The molecule has 2 aliphatic rings. The molecule has 0 bridgehead atoms. The summed E-state index contributed by atoms with van der Waals surface area (Å²) in [5.41, 5.74) is 0.392. The molecular formula is C16H29NO3. The van der Waals surface area contributed by atoms with Gasteiger partial charge < -0.3 is 9.84 Å². The van der Waals surface area contributed by atoms with Crippen molar-refractivity contribution in [3.05, 3.63) is 0 Å². The Balaban J connectivity index is 1.91. The fraction of sp³-hybridized carbons (Fsp3) is 0.938. The van der Waals surface area contributed by atoms with Crippen LogP contribution in [-0.2, 0) is 9.53 Å². The molecule has 4 nitrogen and oxygen atoms in total. The minimum atomic E-state index is -0.823. The zero-order chi connectivity index (χ0) is 14.8. The van der Waals surface area contributed by atoms with Crippen molar-refractivity contribution in [2.24, 2.45) is 11.3 Å². The Bertz CT molecular complexity index is 337. The van der Waals surface area contributed by atoms with E-state index in [1.807, 2.05) is 0 Å². The van der Waals surface area contributed by atoms with Crippen molar-refractivity contribution in [1.82, 2.24) is 4.90 Å². The summed E-state index contributed by atoms with van der Waals surface area (Å²) < 4.78 is 5.33. The van der Waals surface area contributed by atoms with E-state index in [1.165, 1.54) is 32.1 Å². The Hall–Kier alpha value is -0.610. The largest absolute Gasteiger partial charge is 0.479 e. The maximum absolute atomic E-state index is 11.1. The first-order chi connectivity index (χ1) is 9.38. The van der Waals surface area contributed by atoms with E-state index in [0.717, 1.165) is 12.5 Å². The van der Waals surface area contributed by atoms with Crippen LogP contribution in [0.25, 0.3) is 0 Å². The summed E-state index contributed by atoms with van der Waals surface area (Å²) in [6, 6.07) is 0.549. The number of hydrogen-bond donors (Lipinski definition) is 1. The molecule has 0 aromatic carbocycles. The molecule has 0 aromatic heterocycles. The molecule has 1 aliphatic carbocycles. The number of aliphatic carboxylic acids is 1. The van der Waals surface area contributed by atoms with E-state index in [9.17, 15) is 4.79 Å². The van der Waals surface area contributed by atoms with Crippen LogP contribution in [0.2, 0.25) is 0 Å². The van der Waals surface area contributed by atoms with Gasteiger partial charge in [0.05, 0.1) is 6.61 Å². The Kier molecular flexibility index (Phi) is 5.08. The molecule has 116 valence electrons. The van der Waals surface area contributed by atoms with Gasteiger partial charge >= 0.3 is 5.97 Å². The Labute approximate surface area is 122 Å². The van der Waals surface area contributed by atoms with Gasteiger partial charge in [-0.3, -0.25) is 4.90 Å². The van der Waals surface area contributed by atoms with E-state index >= 15 is 0 Å². The second-order valence-electron chi connectivity index (χ2n) is 7.42. The molecule has 3 atom stereocenters. The van der Waals surface area contributed by atoms with Gasteiger partial charge in [-0.05, 0) is 37.0 Å². The van der Waals surface area contributed by atoms with Crippen molar-refractivity contribution in [3.63, 3.8) is 0 Å². The molecule has 1 saturated carbocycles. The molecule has 0 spiro atoms. The summed E-state index contributed by atoms with van der Waals surface area (Å²) in [5.74, 6) is -0.0281. The highest BCUT2D eigenvalue weighted by atomic mass is 16.5. The minimum Gasteiger partial charge on any atom is -0.479 e. The van der Waals surface area contributed by atoms with Crippen LogP contribution in [0.4, 0.5) is 0 Å². The van der Waals surface area contributed by atoms with Gasteiger partial charge in [-0.2, -0.15) is 0 Å².